The third kappa shape index (κ3) is 4.90. The zero-order valence-corrected chi connectivity index (χ0v) is 16.0. The molecule has 2 aromatic carbocycles. The van der Waals surface area contributed by atoms with E-state index in [1.807, 2.05) is 0 Å². The minimum absolute atomic E-state index is 0.104. The molecule has 2 rings (SSSR count). The Morgan fingerprint density at radius 1 is 0.885 bits per heavy atom. The molecule has 140 valence electrons. The van der Waals surface area contributed by atoms with Crippen LogP contribution in [-0.2, 0) is 24.7 Å². The molecule has 0 saturated carbocycles. The summed E-state index contributed by atoms with van der Waals surface area (Å²) >= 11 is 0. The Morgan fingerprint density at radius 2 is 1.46 bits per heavy atom. The summed E-state index contributed by atoms with van der Waals surface area (Å²) in [7, 11) is -4.21. The van der Waals surface area contributed by atoms with Crippen molar-refractivity contribution in [3.63, 3.8) is 0 Å². The molecule has 1 amide bonds. The van der Waals surface area contributed by atoms with Crippen molar-refractivity contribution in [3.05, 3.63) is 54.6 Å². The third-order valence-electron chi connectivity index (χ3n) is 3.62. The average molecular weight is 396 g/mol. The molecular formula is C17H20N2O5S2. The van der Waals surface area contributed by atoms with Crippen LogP contribution in [0.5, 0.6) is 0 Å². The second-order valence-electron chi connectivity index (χ2n) is 5.74. The number of hydrogen-bond donors (Lipinski definition) is 1. The molecule has 0 bridgehead atoms. The molecule has 0 radical (unpaired) electrons. The van der Waals surface area contributed by atoms with Crippen molar-refractivity contribution in [3.8, 4) is 0 Å². The lowest BCUT2D eigenvalue weighted by Crippen LogP contribution is -2.22. The Morgan fingerprint density at radius 3 is 2.00 bits per heavy atom. The van der Waals surface area contributed by atoms with Crippen LogP contribution in [0.3, 0.4) is 0 Å². The molecule has 0 unspecified atom stereocenters. The summed E-state index contributed by atoms with van der Waals surface area (Å²) < 4.78 is 49.4. The number of amides is 1. The van der Waals surface area contributed by atoms with Crippen LogP contribution in [0, 0.1) is 0 Å². The van der Waals surface area contributed by atoms with Gasteiger partial charge in [0.15, 0.2) is 9.84 Å². The van der Waals surface area contributed by atoms with Gasteiger partial charge in [-0.25, -0.2) is 21.1 Å². The quantitative estimate of drug-likeness (QED) is 0.768. The lowest BCUT2D eigenvalue weighted by molar-refractivity contribution is -0.115. The van der Waals surface area contributed by atoms with Crippen LogP contribution in [0.4, 0.5) is 5.69 Å². The van der Waals surface area contributed by atoms with Crippen molar-refractivity contribution in [2.75, 3.05) is 25.2 Å². The number of hydrogen-bond acceptors (Lipinski definition) is 5. The van der Waals surface area contributed by atoms with Gasteiger partial charge in [-0.15, -0.1) is 0 Å². The number of nitrogens with one attached hydrogen (secondary N) is 1. The Bertz CT molecular complexity index is 968. The van der Waals surface area contributed by atoms with Crippen LogP contribution in [0.1, 0.15) is 6.42 Å². The van der Waals surface area contributed by atoms with E-state index in [0.717, 1.165) is 4.31 Å². The maximum Gasteiger partial charge on any atom is 0.242 e. The summed E-state index contributed by atoms with van der Waals surface area (Å²) in [5.74, 6) is -0.775. The fraction of sp³-hybridized carbons (Fsp3) is 0.235. The molecule has 7 nitrogen and oxygen atoms in total. The van der Waals surface area contributed by atoms with Gasteiger partial charge >= 0.3 is 0 Å². The first-order valence-corrected chi connectivity index (χ1v) is 10.8. The number of rotatable bonds is 7. The second kappa shape index (κ2) is 7.98. The molecule has 0 fully saturated rings. The van der Waals surface area contributed by atoms with Gasteiger partial charge in [0, 0.05) is 26.2 Å². The largest absolute Gasteiger partial charge is 0.326 e. The van der Waals surface area contributed by atoms with Gasteiger partial charge < -0.3 is 5.32 Å². The minimum atomic E-state index is -3.54. The van der Waals surface area contributed by atoms with Gasteiger partial charge in [0.05, 0.1) is 15.5 Å². The highest BCUT2D eigenvalue weighted by molar-refractivity contribution is 7.91. The van der Waals surface area contributed by atoms with Gasteiger partial charge in [0.1, 0.15) is 0 Å². The zero-order chi connectivity index (χ0) is 19.4. The molecule has 1 N–H and O–H groups in total. The summed E-state index contributed by atoms with van der Waals surface area (Å²) in [6, 6.07) is 13.6. The molecule has 0 heterocycles. The number of sulfonamides is 1. The van der Waals surface area contributed by atoms with Crippen molar-refractivity contribution in [1.82, 2.24) is 4.31 Å². The van der Waals surface area contributed by atoms with Crippen LogP contribution in [0.15, 0.2) is 64.4 Å². The number of sulfone groups is 1. The first kappa shape index (κ1) is 20.1. The summed E-state index contributed by atoms with van der Waals surface area (Å²) in [5, 5.41) is 2.56. The molecule has 2 aromatic rings. The standard InChI is InChI=1S/C17H20N2O5S2/c1-19(2)26(23,24)16-10-8-14(9-11-16)18-17(20)12-13-25(21,22)15-6-4-3-5-7-15/h3-11H,12-13H2,1-2H3,(H,18,20). The number of nitrogens with zero attached hydrogens (tertiary/aromatic N) is 1. The van der Waals surface area contributed by atoms with Gasteiger partial charge in [0.25, 0.3) is 0 Å². The average Bonchev–Trinajstić information content (AvgIpc) is 2.61. The smallest absolute Gasteiger partial charge is 0.242 e. The van der Waals surface area contributed by atoms with E-state index in [1.165, 1.54) is 50.5 Å². The lowest BCUT2D eigenvalue weighted by atomic mass is 10.3. The van der Waals surface area contributed by atoms with Gasteiger partial charge in [-0.3, -0.25) is 4.79 Å². The van der Waals surface area contributed by atoms with E-state index in [0.29, 0.717) is 5.69 Å². The van der Waals surface area contributed by atoms with E-state index >= 15 is 0 Å². The number of anilines is 1. The Labute approximate surface area is 153 Å². The third-order valence-corrected chi connectivity index (χ3v) is 7.18. The summed E-state index contributed by atoms with van der Waals surface area (Å²) in [5.41, 5.74) is 0.393. The van der Waals surface area contributed by atoms with Crippen LogP contribution < -0.4 is 5.32 Å². The number of benzene rings is 2. The Kier molecular flexibility index (Phi) is 6.17. The monoisotopic (exact) mass is 396 g/mol. The Balaban J connectivity index is 1.98. The van der Waals surface area contributed by atoms with E-state index < -0.39 is 25.8 Å². The summed E-state index contributed by atoms with van der Waals surface area (Å²) in [4.78, 5) is 12.3. The predicted molar refractivity (Wildman–Crippen MR) is 99.1 cm³/mol. The van der Waals surface area contributed by atoms with E-state index in [2.05, 4.69) is 5.32 Å². The van der Waals surface area contributed by atoms with Crippen LogP contribution in [0.2, 0.25) is 0 Å². The predicted octanol–water partition coefficient (Wildman–Crippen LogP) is 1.74. The van der Waals surface area contributed by atoms with Gasteiger partial charge in [-0.05, 0) is 36.4 Å². The number of carbonyl (C=O) groups excluding carboxylic acids is 1. The first-order valence-electron chi connectivity index (χ1n) is 7.73. The molecule has 0 aliphatic rings. The van der Waals surface area contributed by atoms with E-state index in [1.54, 1.807) is 18.2 Å². The highest BCUT2D eigenvalue weighted by Crippen LogP contribution is 2.17. The van der Waals surface area contributed by atoms with E-state index in [-0.39, 0.29) is 22.0 Å². The fourth-order valence-corrected chi connectivity index (χ4v) is 4.28. The molecule has 0 saturated heterocycles. The molecule has 0 aromatic heterocycles. The van der Waals surface area contributed by atoms with Crippen LogP contribution in [0.25, 0.3) is 0 Å². The van der Waals surface area contributed by atoms with Crippen LogP contribution in [-0.4, -0.2) is 46.9 Å². The van der Waals surface area contributed by atoms with Crippen molar-refractivity contribution < 1.29 is 21.6 Å². The van der Waals surface area contributed by atoms with Crippen molar-refractivity contribution in [1.29, 1.82) is 0 Å². The van der Waals surface area contributed by atoms with E-state index in [9.17, 15) is 21.6 Å². The van der Waals surface area contributed by atoms with Crippen LogP contribution >= 0.6 is 0 Å². The molecule has 0 atom stereocenters. The normalized spacial score (nSPS) is 12.1. The van der Waals surface area contributed by atoms with Crippen molar-refractivity contribution in [2.24, 2.45) is 0 Å². The fourth-order valence-electron chi connectivity index (χ4n) is 2.12. The Hall–Kier alpha value is -2.23. The highest BCUT2D eigenvalue weighted by atomic mass is 32.2. The molecule has 26 heavy (non-hydrogen) atoms. The maximum absolute atomic E-state index is 12.2. The molecule has 0 spiro atoms. The van der Waals surface area contributed by atoms with Gasteiger partial charge in [-0.1, -0.05) is 18.2 Å². The van der Waals surface area contributed by atoms with Crippen molar-refractivity contribution in [2.45, 2.75) is 16.2 Å². The highest BCUT2D eigenvalue weighted by Gasteiger charge is 2.18. The van der Waals surface area contributed by atoms with E-state index in [4.69, 9.17) is 0 Å². The van der Waals surface area contributed by atoms with Gasteiger partial charge in [0.2, 0.25) is 15.9 Å². The summed E-state index contributed by atoms with van der Waals surface area (Å²) in [6.07, 6.45) is -0.199. The van der Waals surface area contributed by atoms with Crippen molar-refractivity contribution >= 4 is 31.5 Å². The lowest BCUT2D eigenvalue weighted by Gasteiger charge is -2.12. The molecule has 9 heteroatoms. The number of carbonyl (C=O) groups is 1. The molecule has 0 aliphatic heterocycles. The summed E-state index contributed by atoms with van der Waals surface area (Å²) in [6.45, 7) is 0. The second-order valence-corrected chi connectivity index (χ2v) is 10.0. The van der Waals surface area contributed by atoms with Gasteiger partial charge in [-0.2, -0.15) is 0 Å². The molecular weight excluding hydrogens is 376 g/mol. The maximum atomic E-state index is 12.2. The molecule has 0 aliphatic carbocycles. The minimum Gasteiger partial charge on any atom is -0.326 e. The SMILES string of the molecule is CN(C)S(=O)(=O)c1ccc(NC(=O)CCS(=O)(=O)c2ccccc2)cc1. The zero-order valence-electron chi connectivity index (χ0n) is 14.4. The first-order chi connectivity index (χ1) is 12.1. The topological polar surface area (TPSA) is 101 Å².